The zero-order chi connectivity index (χ0) is 36.8. The Kier molecular flexibility index (Phi) is 20.1. The molecule has 14 nitrogen and oxygen atoms in total. The molecule has 2 unspecified atom stereocenters. The van der Waals surface area contributed by atoms with Crippen molar-refractivity contribution >= 4 is 46.8 Å². The molecule has 0 bridgehead atoms. The van der Waals surface area contributed by atoms with Crippen LogP contribution in [0.3, 0.4) is 0 Å². The molecule has 0 rings (SSSR count). The monoisotopic (exact) mass is 768 g/mol. The number of phosphoric acid groups is 2. The topological polar surface area (TPSA) is 156 Å². The minimum absolute atomic E-state index is 0.0575. The van der Waals surface area contributed by atoms with Crippen molar-refractivity contribution in [1.82, 2.24) is 0 Å². The van der Waals surface area contributed by atoms with Gasteiger partial charge in [0.15, 0.2) is 16.6 Å². The van der Waals surface area contributed by atoms with Gasteiger partial charge in [-0.2, -0.15) is 0 Å². The highest BCUT2D eigenvalue weighted by molar-refractivity contribution is 7.47. The van der Waals surface area contributed by atoms with Crippen molar-refractivity contribution in [3.8, 4) is 0 Å². The summed E-state index contributed by atoms with van der Waals surface area (Å²) in [6.07, 6.45) is 1.58. The lowest BCUT2D eigenvalue weighted by Crippen LogP contribution is -2.54. The minimum Gasteiger partial charge on any atom is -0.462 e. The molecular weight excluding hydrogens is 703 g/mol. The molecule has 19 heteroatoms. The highest BCUT2D eigenvalue weighted by atomic mass is 31.2. The van der Waals surface area contributed by atoms with Crippen LogP contribution in [0.4, 0.5) is 0 Å². The van der Waals surface area contributed by atoms with Crippen LogP contribution in [0.15, 0.2) is 12.2 Å². The van der Waals surface area contributed by atoms with Gasteiger partial charge in [-0.1, -0.05) is 6.58 Å². The van der Waals surface area contributed by atoms with Crippen LogP contribution in [0.2, 0.25) is 50.9 Å². The third-order valence-electron chi connectivity index (χ3n) is 6.73. The first-order valence-corrected chi connectivity index (χ1v) is 27.9. The van der Waals surface area contributed by atoms with Gasteiger partial charge in [-0.3, -0.25) is 18.1 Å². The highest BCUT2D eigenvalue weighted by Gasteiger charge is 2.43. The third kappa shape index (κ3) is 26.4. The van der Waals surface area contributed by atoms with Gasteiger partial charge in [-0.25, -0.2) is 13.9 Å². The molecule has 0 saturated carbocycles. The predicted octanol–water partition coefficient (Wildman–Crippen LogP) is 5.47. The standard InChI is InChI=1S/C28H64N2O12P2Si3/c1-27(2)28(31)36-19-14-26-47(13,41-45(9,10)24-15-20-37-43(32,33)39-22-17-29(3,4)5)42-46(11,12)25-16-21-38-44(34,35)40-23-18-30(6,7)8/h1,14-26H2,2-13H3/p+2. The highest BCUT2D eigenvalue weighted by Crippen LogP contribution is 2.44. The molecule has 0 aromatic rings. The first-order valence-electron chi connectivity index (χ1n) is 16.1. The van der Waals surface area contributed by atoms with Crippen LogP contribution in [-0.2, 0) is 45.0 Å². The van der Waals surface area contributed by atoms with Gasteiger partial charge >= 0.3 is 30.2 Å². The molecule has 0 aliphatic carbocycles. The van der Waals surface area contributed by atoms with Gasteiger partial charge in [0.25, 0.3) is 0 Å². The summed E-state index contributed by atoms with van der Waals surface area (Å²) in [6.45, 7) is 17.3. The molecule has 0 saturated heterocycles. The minimum atomic E-state index is -4.15. The molecule has 47 heavy (non-hydrogen) atoms. The molecule has 2 atom stereocenters. The van der Waals surface area contributed by atoms with Crippen LogP contribution in [0.5, 0.6) is 0 Å². The van der Waals surface area contributed by atoms with Crippen molar-refractivity contribution in [2.45, 2.75) is 77.1 Å². The number of phosphoric ester groups is 2. The average Bonchev–Trinajstić information content (AvgIpc) is 2.84. The van der Waals surface area contributed by atoms with Crippen LogP contribution >= 0.6 is 15.6 Å². The van der Waals surface area contributed by atoms with Crippen LogP contribution < -0.4 is 0 Å². The Balaban J connectivity index is 5.23. The van der Waals surface area contributed by atoms with E-state index in [-0.39, 0.29) is 33.0 Å². The maximum absolute atomic E-state index is 12.3. The Morgan fingerprint density at radius 1 is 0.638 bits per heavy atom. The Hall–Kier alpha value is -0.0794. The van der Waals surface area contributed by atoms with Gasteiger partial charge in [0, 0.05) is 5.57 Å². The zero-order valence-electron chi connectivity index (χ0n) is 31.2. The van der Waals surface area contributed by atoms with E-state index in [1.54, 1.807) is 6.92 Å². The summed E-state index contributed by atoms with van der Waals surface area (Å²) in [6, 6.07) is 1.92. The summed E-state index contributed by atoms with van der Waals surface area (Å²) >= 11 is 0. The lowest BCUT2D eigenvalue weighted by atomic mass is 10.4. The van der Waals surface area contributed by atoms with E-state index in [4.69, 9.17) is 31.1 Å². The summed E-state index contributed by atoms with van der Waals surface area (Å²) in [5, 5.41) is 0. The number of ether oxygens (including phenoxy) is 1. The molecule has 0 aliphatic rings. The van der Waals surface area contributed by atoms with E-state index in [9.17, 15) is 23.7 Å². The van der Waals surface area contributed by atoms with Crippen molar-refractivity contribution in [1.29, 1.82) is 0 Å². The lowest BCUT2D eigenvalue weighted by Gasteiger charge is -2.41. The van der Waals surface area contributed by atoms with Crippen molar-refractivity contribution in [3.63, 3.8) is 0 Å². The van der Waals surface area contributed by atoms with Crippen LogP contribution in [0.1, 0.15) is 26.2 Å². The van der Waals surface area contributed by atoms with Crippen molar-refractivity contribution in [2.24, 2.45) is 0 Å². The number of carbonyl (C=O) groups is 1. The molecule has 0 radical (unpaired) electrons. The molecule has 0 spiro atoms. The number of rotatable bonds is 27. The fourth-order valence-electron chi connectivity index (χ4n) is 4.37. The van der Waals surface area contributed by atoms with E-state index < -0.39 is 46.8 Å². The van der Waals surface area contributed by atoms with Crippen molar-refractivity contribution in [3.05, 3.63) is 12.2 Å². The molecule has 0 amide bonds. The van der Waals surface area contributed by atoms with Gasteiger partial charge in [-0.05, 0) is 77.1 Å². The molecule has 0 aromatic heterocycles. The van der Waals surface area contributed by atoms with Crippen LogP contribution in [0.25, 0.3) is 0 Å². The summed E-state index contributed by atoms with van der Waals surface area (Å²) in [4.78, 5) is 32.0. The van der Waals surface area contributed by atoms with Crippen molar-refractivity contribution in [2.75, 3.05) is 88.4 Å². The largest absolute Gasteiger partial charge is 0.472 e. The second-order valence-corrected chi connectivity index (χ2v) is 30.7. The number of likely N-dealkylation sites (N-methyl/N-ethyl adjacent to an activating group) is 2. The number of hydrogen-bond acceptors (Lipinski definition) is 10. The van der Waals surface area contributed by atoms with Gasteiger partial charge in [0.1, 0.15) is 26.3 Å². The van der Waals surface area contributed by atoms with E-state index in [2.05, 4.69) is 32.8 Å². The zero-order valence-corrected chi connectivity index (χ0v) is 36.0. The Bertz CT molecular complexity index is 1010. The quantitative estimate of drug-likeness (QED) is 0.0272. The Labute approximate surface area is 287 Å². The van der Waals surface area contributed by atoms with Gasteiger partial charge in [0.2, 0.25) is 0 Å². The normalized spacial score (nSPS) is 17.1. The molecule has 0 heterocycles. The second-order valence-electron chi connectivity index (χ2n) is 15.4. The first-order chi connectivity index (χ1) is 21.1. The summed E-state index contributed by atoms with van der Waals surface area (Å²) < 4.78 is 65.4. The summed E-state index contributed by atoms with van der Waals surface area (Å²) in [7, 11) is -4.00. The Morgan fingerprint density at radius 2 is 0.979 bits per heavy atom. The summed E-state index contributed by atoms with van der Waals surface area (Å²) in [5.41, 5.74) is 0.335. The van der Waals surface area contributed by atoms with Gasteiger partial charge < -0.3 is 31.7 Å². The molecule has 0 aromatic carbocycles. The second kappa shape index (κ2) is 20.1. The van der Waals surface area contributed by atoms with Crippen LogP contribution in [-0.4, -0.2) is 138 Å². The molecule has 280 valence electrons. The molecular formula is C28H66N2O12P2Si3+2. The van der Waals surface area contributed by atoms with E-state index in [1.807, 2.05) is 48.8 Å². The maximum atomic E-state index is 12.3. The van der Waals surface area contributed by atoms with E-state index in [0.29, 0.717) is 65.0 Å². The lowest BCUT2D eigenvalue weighted by molar-refractivity contribution is -0.870. The van der Waals surface area contributed by atoms with E-state index >= 15 is 0 Å². The number of nitrogens with zero attached hydrogens (tertiary/aromatic N) is 2. The molecule has 0 aliphatic heterocycles. The predicted molar refractivity (Wildman–Crippen MR) is 192 cm³/mol. The first kappa shape index (κ1) is 46.9. The van der Waals surface area contributed by atoms with Gasteiger partial charge in [-0.15, -0.1) is 0 Å². The molecule has 0 fully saturated rings. The number of quaternary nitrogens is 2. The fraction of sp³-hybridized carbons (Fsp3) is 0.893. The number of esters is 1. The SMILES string of the molecule is C=C(C)C(=O)OCCC[Si](C)(O[Si](C)(C)CCCOP(=O)(O)OCC[N+](C)(C)C)O[Si](C)(C)CCCOP(=O)(O)OCC[N+](C)(C)C. The summed E-state index contributed by atoms with van der Waals surface area (Å²) in [5.74, 6) is -0.440. The smallest absolute Gasteiger partial charge is 0.462 e. The Morgan fingerprint density at radius 3 is 1.32 bits per heavy atom. The number of carbonyl (C=O) groups excluding carboxylic acids is 1. The number of hydrogen-bond donors (Lipinski definition) is 2. The molecule has 2 N–H and O–H groups in total. The van der Waals surface area contributed by atoms with E-state index in [1.165, 1.54) is 0 Å². The average molecular weight is 769 g/mol. The maximum Gasteiger partial charge on any atom is 0.472 e. The van der Waals surface area contributed by atoms with Gasteiger partial charge in [0.05, 0.1) is 62.1 Å². The van der Waals surface area contributed by atoms with Crippen molar-refractivity contribution < 1.29 is 63.7 Å². The van der Waals surface area contributed by atoms with E-state index in [0.717, 1.165) is 0 Å². The third-order valence-corrected chi connectivity index (χ3v) is 21.0. The van der Waals surface area contributed by atoms with Crippen LogP contribution in [0, 0.1) is 0 Å². The fourth-order valence-corrected chi connectivity index (χ4v) is 20.2.